The lowest BCUT2D eigenvalue weighted by molar-refractivity contribution is -0.128. The zero-order valence-corrected chi connectivity index (χ0v) is 13.5. The van der Waals surface area contributed by atoms with Gasteiger partial charge in [-0.05, 0) is 49.6 Å². The molecule has 0 heterocycles. The molecule has 100 valence electrons. The van der Waals surface area contributed by atoms with Gasteiger partial charge in [-0.25, -0.2) is 0 Å². The number of aromatic hydroxyl groups is 1. The zero-order chi connectivity index (χ0) is 13.7. The van der Waals surface area contributed by atoms with Crippen molar-refractivity contribution in [3.63, 3.8) is 0 Å². The number of carbonyl (C=O) groups excluding carboxylic acids is 1. The predicted molar refractivity (Wildman–Crippen MR) is 78.5 cm³/mol. The lowest BCUT2D eigenvalue weighted by Crippen LogP contribution is -2.26. The number of nitrogens with zero attached hydrogens (tertiary/aromatic N) is 1. The van der Waals surface area contributed by atoms with Crippen LogP contribution in [0.5, 0.6) is 5.75 Å². The summed E-state index contributed by atoms with van der Waals surface area (Å²) in [7, 11) is 3.49. The van der Waals surface area contributed by atoms with Crippen molar-refractivity contribution < 1.29 is 9.90 Å². The minimum atomic E-state index is 0.107. The normalized spacial score (nSPS) is 10.4. The molecule has 0 bridgehead atoms. The Morgan fingerprint density at radius 3 is 2.39 bits per heavy atom. The van der Waals surface area contributed by atoms with Gasteiger partial charge in [0.1, 0.15) is 5.75 Å². The Labute approximate surface area is 124 Å². The Hall–Kier alpha value is -0.590. The fraction of sp³-hybridized carbons (Fsp3) is 0.417. The van der Waals surface area contributed by atoms with Crippen molar-refractivity contribution >= 4 is 37.8 Å². The van der Waals surface area contributed by atoms with E-state index in [1.54, 1.807) is 19.0 Å². The summed E-state index contributed by atoms with van der Waals surface area (Å²) in [5.74, 6) is 0.303. The van der Waals surface area contributed by atoms with Gasteiger partial charge in [0.15, 0.2) is 0 Å². The second-order valence-corrected chi connectivity index (χ2v) is 5.83. The number of hydrogen-bond donors (Lipinski definition) is 2. The molecule has 0 atom stereocenters. The predicted octanol–water partition coefficient (Wildman–Crippen LogP) is 2.49. The molecule has 1 amide bonds. The number of hydrogen-bond acceptors (Lipinski definition) is 3. The maximum absolute atomic E-state index is 11.3. The SMILES string of the molecule is CN(C)C(=O)CCNCc1cc(Br)c(O)c(Br)c1. The quantitative estimate of drug-likeness (QED) is 0.772. The topological polar surface area (TPSA) is 52.6 Å². The lowest BCUT2D eigenvalue weighted by atomic mass is 10.2. The van der Waals surface area contributed by atoms with Gasteiger partial charge in [0, 0.05) is 33.6 Å². The number of benzene rings is 1. The van der Waals surface area contributed by atoms with Gasteiger partial charge in [-0.1, -0.05) is 0 Å². The van der Waals surface area contributed by atoms with Crippen molar-refractivity contribution in [2.75, 3.05) is 20.6 Å². The molecule has 0 aliphatic carbocycles. The number of phenols is 1. The van der Waals surface area contributed by atoms with Crippen molar-refractivity contribution in [1.82, 2.24) is 10.2 Å². The summed E-state index contributed by atoms with van der Waals surface area (Å²) in [5.41, 5.74) is 1.03. The summed E-state index contributed by atoms with van der Waals surface area (Å²) in [6, 6.07) is 3.70. The minimum absolute atomic E-state index is 0.107. The van der Waals surface area contributed by atoms with Crippen molar-refractivity contribution in [3.05, 3.63) is 26.6 Å². The molecular formula is C12H16Br2N2O2. The van der Waals surface area contributed by atoms with Crippen molar-refractivity contribution in [3.8, 4) is 5.75 Å². The average molecular weight is 380 g/mol. The Morgan fingerprint density at radius 1 is 1.33 bits per heavy atom. The fourth-order valence-electron chi connectivity index (χ4n) is 1.37. The Morgan fingerprint density at radius 2 is 1.89 bits per heavy atom. The number of amides is 1. The maximum Gasteiger partial charge on any atom is 0.223 e. The molecule has 4 nitrogen and oxygen atoms in total. The number of halogens is 2. The minimum Gasteiger partial charge on any atom is -0.506 e. The first kappa shape index (κ1) is 15.5. The molecular weight excluding hydrogens is 364 g/mol. The Balaban J connectivity index is 2.43. The molecule has 2 N–H and O–H groups in total. The van der Waals surface area contributed by atoms with Gasteiger partial charge in [0.05, 0.1) is 8.95 Å². The Bertz CT molecular complexity index is 413. The second-order valence-electron chi connectivity index (χ2n) is 4.12. The molecule has 1 aromatic carbocycles. The molecule has 0 radical (unpaired) electrons. The van der Waals surface area contributed by atoms with Gasteiger partial charge in [0.25, 0.3) is 0 Å². The molecule has 18 heavy (non-hydrogen) atoms. The third kappa shape index (κ3) is 4.59. The third-order valence-corrected chi connectivity index (χ3v) is 3.63. The maximum atomic E-state index is 11.3. The lowest BCUT2D eigenvalue weighted by Gasteiger charge is -2.11. The van der Waals surface area contributed by atoms with Crippen LogP contribution in [0.3, 0.4) is 0 Å². The zero-order valence-electron chi connectivity index (χ0n) is 10.3. The first-order valence-corrected chi connectivity index (χ1v) is 7.08. The van der Waals surface area contributed by atoms with Crippen LogP contribution in [0.4, 0.5) is 0 Å². The highest BCUT2D eigenvalue weighted by molar-refractivity contribution is 9.11. The Kier molecular flexibility index (Phi) is 6.11. The largest absolute Gasteiger partial charge is 0.506 e. The van der Waals surface area contributed by atoms with E-state index in [4.69, 9.17) is 0 Å². The van der Waals surface area contributed by atoms with E-state index in [1.807, 2.05) is 12.1 Å². The molecule has 0 unspecified atom stereocenters. The number of phenolic OH excluding ortho intramolecular Hbond substituents is 1. The summed E-state index contributed by atoms with van der Waals surface area (Å²) in [6.45, 7) is 1.28. The van der Waals surface area contributed by atoms with E-state index in [0.717, 1.165) is 5.56 Å². The second kappa shape index (κ2) is 7.11. The first-order chi connectivity index (χ1) is 8.41. The van der Waals surface area contributed by atoms with Gasteiger partial charge in [0.2, 0.25) is 5.91 Å². The van der Waals surface area contributed by atoms with Crippen molar-refractivity contribution in [1.29, 1.82) is 0 Å². The van der Waals surface area contributed by atoms with E-state index < -0.39 is 0 Å². The molecule has 0 fully saturated rings. The molecule has 1 rings (SSSR count). The van der Waals surface area contributed by atoms with Crippen LogP contribution in [0.25, 0.3) is 0 Å². The van der Waals surface area contributed by atoms with E-state index >= 15 is 0 Å². The summed E-state index contributed by atoms with van der Waals surface area (Å²) < 4.78 is 1.30. The van der Waals surface area contributed by atoms with Crippen LogP contribution in [-0.2, 0) is 11.3 Å². The molecule has 6 heteroatoms. The standard InChI is InChI=1S/C12H16Br2N2O2/c1-16(2)11(17)3-4-15-7-8-5-9(13)12(18)10(14)6-8/h5-6,15,18H,3-4,7H2,1-2H3. The number of carbonyl (C=O) groups is 1. The van der Waals surface area contributed by atoms with Crippen LogP contribution in [0.1, 0.15) is 12.0 Å². The number of rotatable bonds is 5. The van der Waals surface area contributed by atoms with E-state index in [1.165, 1.54) is 0 Å². The summed E-state index contributed by atoms with van der Waals surface area (Å²) in [6.07, 6.45) is 0.480. The van der Waals surface area contributed by atoms with Gasteiger partial charge in [-0.2, -0.15) is 0 Å². The molecule has 0 saturated heterocycles. The third-order valence-electron chi connectivity index (χ3n) is 2.42. The molecule has 0 aromatic heterocycles. The van der Waals surface area contributed by atoms with Crippen LogP contribution in [-0.4, -0.2) is 36.6 Å². The van der Waals surface area contributed by atoms with Gasteiger partial charge in [-0.15, -0.1) is 0 Å². The summed E-state index contributed by atoms with van der Waals surface area (Å²) in [4.78, 5) is 12.9. The van der Waals surface area contributed by atoms with E-state index in [9.17, 15) is 9.90 Å². The molecule has 0 saturated carbocycles. The van der Waals surface area contributed by atoms with Gasteiger partial charge in [-0.3, -0.25) is 4.79 Å². The highest BCUT2D eigenvalue weighted by atomic mass is 79.9. The monoisotopic (exact) mass is 378 g/mol. The highest BCUT2D eigenvalue weighted by Crippen LogP contribution is 2.33. The smallest absolute Gasteiger partial charge is 0.223 e. The van der Waals surface area contributed by atoms with Crippen molar-refractivity contribution in [2.45, 2.75) is 13.0 Å². The molecule has 0 aliphatic rings. The van der Waals surface area contributed by atoms with Gasteiger partial charge < -0.3 is 15.3 Å². The average Bonchev–Trinajstić information content (AvgIpc) is 2.31. The van der Waals surface area contributed by atoms with E-state index in [-0.39, 0.29) is 11.7 Å². The number of nitrogens with one attached hydrogen (secondary N) is 1. The molecule has 0 spiro atoms. The van der Waals surface area contributed by atoms with Crippen LogP contribution < -0.4 is 5.32 Å². The fourth-order valence-corrected chi connectivity index (χ4v) is 2.65. The van der Waals surface area contributed by atoms with Crippen LogP contribution >= 0.6 is 31.9 Å². The summed E-state index contributed by atoms with van der Waals surface area (Å²) >= 11 is 6.56. The van der Waals surface area contributed by atoms with Crippen LogP contribution in [0.15, 0.2) is 21.1 Å². The first-order valence-electron chi connectivity index (χ1n) is 5.49. The summed E-state index contributed by atoms with van der Waals surface area (Å²) in [5, 5.41) is 12.8. The van der Waals surface area contributed by atoms with E-state index in [2.05, 4.69) is 37.2 Å². The molecule has 0 aliphatic heterocycles. The van der Waals surface area contributed by atoms with Gasteiger partial charge >= 0.3 is 0 Å². The van der Waals surface area contributed by atoms with Crippen molar-refractivity contribution in [2.24, 2.45) is 0 Å². The molecule has 1 aromatic rings. The highest BCUT2D eigenvalue weighted by Gasteiger charge is 2.06. The van der Waals surface area contributed by atoms with Crippen LogP contribution in [0.2, 0.25) is 0 Å². The van der Waals surface area contributed by atoms with E-state index in [0.29, 0.717) is 28.5 Å². The van der Waals surface area contributed by atoms with Crippen LogP contribution in [0, 0.1) is 0 Å².